The lowest BCUT2D eigenvalue weighted by Crippen LogP contribution is -2.55. The van der Waals surface area contributed by atoms with Crippen LogP contribution in [0.3, 0.4) is 0 Å². The van der Waals surface area contributed by atoms with Crippen LogP contribution in [-0.2, 0) is 4.79 Å². The van der Waals surface area contributed by atoms with Gasteiger partial charge in [0.15, 0.2) is 0 Å². The molecule has 1 aliphatic heterocycles. The van der Waals surface area contributed by atoms with E-state index >= 15 is 0 Å². The fourth-order valence-electron chi connectivity index (χ4n) is 2.13. The minimum absolute atomic E-state index is 0.0932. The third kappa shape index (κ3) is 2.80. The van der Waals surface area contributed by atoms with Gasteiger partial charge in [-0.05, 0) is 19.1 Å². The maximum atomic E-state index is 11.2. The molecule has 0 radical (unpaired) electrons. The summed E-state index contributed by atoms with van der Waals surface area (Å²) < 4.78 is 0.744. The van der Waals surface area contributed by atoms with E-state index in [2.05, 4.69) is 5.32 Å². The minimum Gasteiger partial charge on any atom is -0.480 e. The Hall–Kier alpha value is -0.620. The summed E-state index contributed by atoms with van der Waals surface area (Å²) in [5.74, 6) is -0.772. The highest BCUT2D eigenvalue weighted by atomic mass is 35.5. The highest BCUT2D eigenvalue weighted by Crippen LogP contribution is 2.31. The number of nitrogens with one attached hydrogen (secondary N) is 1. The van der Waals surface area contributed by atoms with Crippen molar-refractivity contribution < 1.29 is 9.90 Å². The van der Waals surface area contributed by atoms with E-state index in [1.807, 2.05) is 24.0 Å². The average Bonchev–Trinajstić information content (AvgIpc) is 2.75. The molecule has 2 N–H and O–H groups in total. The van der Waals surface area contributed by atoms with Gasteiger partial charge in [-0.2, -0.15) is 0 Å². The number of hydrogen-bond acceptors (Lipinski definition) is 4. The molecule has 6 heteroatoms. The predicted molar refractivity (Wildman–Crippen MR) is 68.7 cm³/mol. The van der Waals surface area contributed by atoms with Gasteiger partial charge in [0, 0.05) is 30.6 Å². The summed E-state index contributed by atoms with van der Waals surface area (Å²) >= 11 is 7.43. The van der Waals surface area contributed by atoms with Crippen molar-refractivity contribution in [2.45, 2.75) is 19.0 Å². The first-order valence-corrected chi connectivity index (χ1v) is 6.73. The number of piperazine rings is 1. The molecule has 0 aliphatic carbocycles. The Morgan fingerprint density at radius 3 is 3.06 bits per heavy atom. The van der Waals surface area contributed by atoms with Crippen LogP contribution in [0.15, 0.2) is 12.1 Å². The molecule has 2 atom stereocenters. The quantitative estimate of drug-likeness (QED) is 0.883. The molecule has 2 heterocycles. The lowest BCUT2D eigenvalue weighted by atomic mass is 10.1. The van der Waals surface area contributed by atoms with Crippen LogP contribution < -0.4 is 5.32 Å². The second kappa shape index (κ2) is 5.35. The van der Waals surface area contributed by atoms with Crippen LogP contribution in [0.5, 0.6) is 0 Å². The van der Waals surface area contributed by atoms with Gasteiger partial charge in [-0.3, -0.25) is 9.69 Å². The number of carboxylic acid groups (broad SMARTS) is 1. The Kier molecular flexibility index (Phi) is 4.04. The fraction of sp³-hybridized carbons (Fsp3) is 0.545. The first kappa shape index (κ1) is 12.8. The van der Waals surface area contributed by atoms with Crippen molar-refractivity contribution in [3.8, 4) is 0 Å². The number of carbonyl (C=O) groups is 1. The lowest BCUT2D eigenvalue weighted by Gasteiger charge is -2.37. The Morgan fingerprint density at radius 2 is 2.47 bits per heavy atom. The Morgan fingerprint density at radius 1 is 1.71 bits per heavy atom. The minimum atomic E-state index is -0.772. The molecule has 4 nitrogen and oxygen atoms in total. The maximum absolute atomic E-state index is 11.2. The van der Waals surface area contributed by atoms with Crippen LogP contribution in [0, 0.1) is 0 Å². The molecule has 2 unspecified atom stereocenters. The summed E-state index contributed by atoms with van der Waals surface area (Å²) in [5, 5.41) is 12.3. The van der Waals surface area contributed by atoms with Crippen LogP contribution in [0.2, 0.25) is 4.34 Å². The Balaban J connectivity index is 2.16. The van der Waals surface area contributed by atoms with E-state index in [0.717, 1.165) is 22.3 Å². The highest BCUT2D eigenvalue weighted by molar-refractivity contribution is 7.16. The summed E-state index contributed by atoms with van der Waals surface area (Å²) in [5.41, 5.74) is 0. The summed E-state index contributed by atoms with van der Waals surface area (Å²) in [6.45, 7) is 4.10. The first-order valence-electron chi connectivity index (χ1n) is 5.54. The third-order valence-electron chi connectivity index (χ3n) is 3.07. The van der Waals surface area contributed by atoms with Gasteiger partial charge >= 0.3 is 5.97 Å². The molecule has 0 aromatic carbocycles. The standard InChI is InChI=1S/C11H15ClN2O2S/c1-7(9-2-3-10(12)17-9)14-5-4-13-6-8(14)11(15)16/h2-3,7-8,13H,4-6H2,1H3,(H,15,16). The lowest BCUT2D eigenvalue weighted by molar-refractivity contribution is -0.145. The first-order chi connectivity index (χ1) is 8.09. The fourth-order valence-corrected chi connectivity index (χ4v) is 3.26. The van der Waals surface area contributed by atoms with Crippen LogP contribution in [0.4, 0.5) is 0 Å². The molecule has 0 bridgehead atoms. The number of rotatable bonds is 3. The highest BCUT2D eigenvalue weighted by Gasteiger charge is 2.32. The van der Waals surface area contributed by atoms with Crippen molar-refractivity contribution in [1.29, 1.82) is 0 Å². The topological polar surface area (TPSA) is 52.6 Å². The summed E-state index contributed by atoms with van der Waals surface area (Å²) in [6, 6.07) is 3.46. The van der Waals surface area contributed by atoms with Gasteiger partial charge in [0.25, 0.3) is 0 Å². The molecule has 1 aromatic heterocycles. The van der Waals surface area contributed by atoms with Crippen LogP contribution >= 0.6 is 22.9 Å². The van der Waals surface area contributed by atoms with E-state index in [0.29, 0.717) is 6.54 Å². The molecule has 2 rings (SSSR count). The molecule has 0 spiro atoms. The van der Waals surface area contributed by atoms with E-state index in [-0.39, 0.29) is 6.04 Å². The largest absolute Gasteiger partial charge is 0.480 e. The summed E-state index contributed by atoms with van der Waals surface area (Å²) in [4.78, 5) is 14.3. The molecule has 1 saturated heterocycles. The van der Waals surface area contributed by atoms with Gasteiger partial charge in [0.05, 0.1) is 4.34 Å². The van der Waals surface area contributed by atoms with Gasteiger partial charge < -0.3 is 10.4 Å². The van der Waals surface area contributed by atoms with E-state index in [1.165, 1.54) is 11.3 Å². The molecule has 94 valence electrons. The molecular formula is C11H15ClN2O2S. The van der Waals surface area contributed by atoms with Crippen molar-refractivity contribution in [3.63, 3.8) is 0 Å². The van der Waals surface area contributed by atoms with Gasteiger partial charge in [-0.1, -0.05) is 11.6 Å². The van der Waals surface area contributed by atoms with Crippen molar-refractivity contribution in [2.24, 2.45) is 0 Å². The van der Waals surface area contributed by atoms with E-state index in [9.17, 15) is 9.90 Å². The molecule has 1 aromatic rings. The molecule has 0 amide bonds. The maximum Gasteiger partial charge on any atom is 0.322 e. The number of thiophene rings is 1. The second-order valence-electron chi connectivity index (χ2n) is 4.11. The van der Waals surface area contributed by atoms with Crippen LogP contribution in [-0.4, -0.2) is 41.7 Å². The van der Waals surface area contributed by atoms with E-state index in [1.54, 1.807) is 0 Å². The molecule has 17 heavy (non-hydrogen) atoms. The second-order valence-corrected chi connectivity index (χ2v) is 5.86. The smallest absolute Gasteiger partial charge is 0.322 e. The Bertz CT molecular complexity index is 410. The zero-order valence-electron chi connectivity index (χ0n) is 9.52. The van der Waals surface area contributed by atoms with Gasteiger partial charge in [0.1, 0.15) is 6.04 Å². The summed E-state index contributed by atoms with van der Waals surface area (Å²) in [6.07, 6.45) is 0. The third-order valence-corrected chi connectivity index (χ3v) is 4.47. The average molecular weight is 275 g/mol. The number of aliphatic carboxylic acids is 1. The van der Waals surface area contributed by atoms with Crippen molar-refractivity contribution in [1.82, 2.24) is 10.2 Å². The molecular weight excluding hydrogens is 260 g/mol. The van der Waals surface area contributed by atoms with Crippen LogP contribution in [0.1, 0.15) is 17.8 Å². The molecule has 0 saturated carbocycles. The zero-order valence-corrected chi connectivity index (χ0v) is 11.1. The van der Waals surface area contributed by atoms with Crippen LogP contribution in [0.25, 0.3) is 0 Å². The van der Waals surface area contributed by atoms with Gasteiger partial charge in [-0.15, -0.1) is 11.3 Å². The number of hydrogen-bond donors (Lipinski definition) is 2. The normalized spacial score (nSPS) is 23.5. The molecule has 1 fully saturated rings. The number of carboxylic acids is 1. The summed E-state index contributed by atoms with van der Waals surface area (Å²) in [7, 11) is 0. The predicted octanol–water partition coefficient (Wildman–Crippen LogP) is 1.82. The van der Waals surface area contributed by atoms with E-state index < -0.39 is 12.0 Å². The molecule has 1 aliphatic rings. The number of halogens is 1. The van der Waals surface area contributed by atoms with Crippen molar-refractivity contribution in [3.05, 3.63) is 21.3 Å². The monoisotopic (exact) mass is 274 g/mol. The Labute approximate surface area is 109 Å². The SMILES string of the molecule is CC(c1ccc(Cl)s1)N1CCNCC1C(=O)O. The number of nitrogens with zero attached hydrogens (tertiary/aromatic N) is 1. The van der Waals surface area contributed by atoms with Crippen molar-refractivity contribution in [2.75, 3.05) is 19.6 Å². The van der Waals surface area contributed by atoms with Gasteiger partial charge in [0.2, 0.25) is 0 Å². The van der Waals surface area contributed by atoms with Crippen molar-refractivity contribution >= 4 is 28.9 Å². The zero-order chi connectivity index (χ0) is 12.4. The van der Waals surface area contributed by atoms with Gasteiger partial charge in [-0.25, -0.2) is 0 Å². The van der Waals surface area contributed by atoms with E-state index in [4.69, 9.17) is 11.6 Å².